The normalized spacial score (nSPS) is 17.7. The molecule has 1 fully saturated rings. The zero-order valence-corrected chi connectivity index (χ0v) is 12.5. The van der Waals surface area contributed by atoms with Crippen LogP contribution in [-0.2, 0) is 0 Å². The molecule has 0 amide bonds. The largest absolute Gasteiger partial charge is 0.314 e. The van der Waals surface area contributed by atoms with E-state index in [1.807, 2.05) is 12.3 Å². The number of fused-ring (bicyclic) bond motifs is 1. The molecule has 1 aliphatic rings. The van der Waals surface area contributed by atoms with Crippen LogP contribution in [0, 0.1) is 0 Å². The Kier molecular flexibility index (Phi) is 4.63. The monoisotopic (exact) mass is 281 g/mol. The summed E-state index contributed by atoms with van der Waals surface area (Å²) in [5, 5.41) is 4.72. The number of benzene rings is 1. The Balaban J connectivity index is 1.98. The minimum absolute atomic E-state index is 0.456. The number of para-hydroxylation sites is 1. The van der Waals surface area contributed by atoms with E-state index in [4.69, 9.17) is 0 Å². The first kappa shape index (κ1) is 14.2. The Hall–Kier alpha value is -1.71. The zero-order chi connectivity index (χ0) is 14.5. The molecule has 1 saturated heterocycles. The molecule has 3 nitrogen and oxygen atoms in total. The van der Waals surface area contributed by atoms with E-state index in [-0.39, 0.29) is 0 Å². The lowest BCUT2D eigenvalue weighted by molar-refractivity contribution is 0.167. The van der Waals surface area contributed by atoms with Crippen LogP contribution in [-0.4, -0.2) is 36.1 Å². The van der Waals surface area contributed by atoms with Crippen molar-refractivity contribution in [2.75, 3.05) is 26.2 Å². The van der Waals surface area contributed by atoms with Crippen LogP contribution in [0.3, 0.4) is 0 Å². The summed E-state index contributed by atoms with van der Waals surface area (Å²) in [4.78, 5) is 7.10. The first-order valence-electron chi connectivity index (χ1n) is 7.79. The van der Waals surface area contributed by atoms with Gasteiger partial charge in [0.05, 0.1) is 5.52 Å². The number of pyridine rings is 1. The van der Waals surface area contributed by atoms with E-state index < -0.39 is 0 Å². The molecule has 1 aromatic carbocycles. The molecule has 0 spiro atoms. The van der Waals surface area contributed by atoms with Gasteiger partial charge in [-0.05, 0) is 30.5 Å². The molecule has 2 heterocycles. The summed E-state index contributed by atoms with van der Waals surface area (Å²) in [6.45, 7) is 8.26. The average Bonchev–Trinajstić information content (AvgIpc) is 2.56. The summed E-state index contributed by atoms with van der Waals surface area (Å²) in [5.41, 5.74) is 2.50. The van der Waals surface area contributed by atoms with E-state index in [9.17, 15) is 0 Å². The van der Waals surface area contributed by atoms with Crippen molar-refractivity contribution >= 4 is 10.9 Å². The molecule has 0 radical (unpaired) electrons. The topological polar surface area (TPSA) is 28.2 Å². The van der Waals surface area contributed by atoms with Gasteiger partial charge in [-0.1, -0.05) is 24.3 Å². The maximum Gasteiger partial charge on any atom is 0.0705 e. The van der Waals surface area contributed by atoms with Gasteiger partial charge in [0.2, 0.25) is 0 Å². The van der Waals surface area contributed by atoms with Crippen LogP contribution in [0.15, 0.2) is 49.2 Å². The molecule has 1 atom stereocenters. The van der Waals surface area contributed by atoms with Crippen molar-refractivity contribution in [2.45, 2.75) is 18.9 Å². The summed E-state index contributed by atoms with van der Waals surface area (Å²) in [5.74, 6) is 0. The maximum atomic E-state index is 4.50. The van der Waals surface area contributed by atoms with Gasteiger partial charge in [0.25, 0.3) is 0 Å². The summed E-state index contributed by atoms with van der Waals surface area (Å²) in [7, 11) is 0. The minimum atomic E-state index is 0.456. The van der Waals surface area contributed by atoms with Gasteiger partial charge < -0.3 is 5.32 Å². The SMILES string of the molecule is C=CCC[C@@H](c1ccnc2ccccc12)N1CCNCC1. The number of rotatable bonds is 5. The van der Waals surface area contributed by atoms with E-state index in [0.29, 0.717) is 6.04 Å². The smallest absolute Gasteiger partial charge is 0.0705 e. The van der Waals surface area contributed by atoms with Crippen LogP contribution in [0.2, 0.25) is 0 Å². The number of hydrogen-bond donors (Lipinski definition) is 1. The molecule has 2 aromatic rings. The van der Waals surface area contributed by atoms with Crippen LogP contribution >= 0.6 is 0 Å². The van der Waals surface area contributed by atoms with Crippen molar-refractivity contribution in [3.8, 4) is 0 Å². The fourth-order valence-corrected chi connectivity index (χ4v) is 3.21. The summed E-state index contributed by atoms with van der Waals surface area (Å²) >= 11 is 0. The molecular weight excluding hydrogens is 258 g/mol. The minimum Gasteiger partial charge on any atom is -0.314 e. The Morgan fingerprint density at radius 3 is 2.86 bits per heavy atom. The Morgan fingerprint density at radius 1 is 1.24 bits per heavy atom. The van der Waals surface area contributed by atoms with Gasteiger partial charge in [-0.15, -0.1) is 6.58 Å². The molecule has 110 valence electrons. The standard InChI is InChI=1S/C18H23N3/c1-2-3-8-18(21-13-11-19-12-14-21)16-9-10-20-17-7-5-4-6-15(16)17/h2,4-7,9-10,18-19H,1,3,8,11-14H2/t18-/m0/s1. The average molecular weight is 281 g/mol. The third-order valence-electron chi connectivity index (χ3n) is 4.28. The highest BCUT2D eigenvalue weighted by Crippen LogP contribution is 2.31. The van der Waals surface area contributed by atoms with Crippen molar-refractivity contribution in [3.05, 3.63) is 54.7 Å². The second kappa shape index (κ2) is 6.83. The lowest BCUT2D eigenvalue weighted by Crippen LogP contribution is -2.45. The van der Waals surface area contributed by atoms with Gasteiger partial charge in [0, 0.05) is 43.8 Å². The third kappa shape index (κ3) is 3.14. The fourth-order valence-electron chi connectivity index (χ4n) is 3.21. The fraction of sp³-hybridized carbons (Fsp3) is 0.389. The first-order valence-corrected chi connectivity index (χ1v) is 7.79. The van der Waals surface area contributed by atoms with E-state index in [1.54, 1.807) is 0 Å². The van der Waals surface area contributed by atoms with Crippen molar-refractivity contribution in [1.82, 2.24) is 15.2 Å². The molecule has 0 saturated carbocycles. The molecule has 0 aliphatic carbocycles. The Bertz CT molecular complexity index is 597. The van der Waals surface area contributed by atoms with Crippen LogP contribution in [0.5, 0.6) is 0 Å². The lowest BCUT2D eigenvalue weighted by Gasteiger charge is -2.35. The van der Waals surface area contributed by atoms with Gasteiger partial charge in [-0.2, -0.15) is 0 Å². The maximum absolute atomic E-state index is 4.50. The number of aromatic nitrogens is 1. The molecule has 21 heavy (non-hydrogen) atoms. The number of hydrogen-bond acceptors (Lipinski definition) is 3. The van der Waals surface area contributed by atoms with Crippen molar-refractivity contribution in [1.29, 1.82) is 0 Å². The predicted molar refractivity (Wildman–Crippen MR) is 88.4 cm³/mol. The number of nitrogens with one attached hydrogen (secondary N) is 1. The van der Waals surface area contributed by atoms with Crippen LogP contribution < -0.4 is 5.32 Å². The number of piperazine rings is 1. The summed E-state index contributed by atoms with van der Waals surface area (Å²) < 4.78 is 0. The van der Waals surface area contributed by atoms with Crippen molar-refractivity contribution < 1.29 is 0 Å². The highest BCUT2D eigenvalue weighted by atomic mass is 15.2. The summed E-state index contributed by atoms with van der Waals surface area (Å²) in [6.07, 6.45) is 6.14. The van der Waals surface area contributed by atoms with Gasteiger partial charge in [-0.25, -0.2) is 0 Å². The van der Waals surface area contributed by atoms with E-state index in [1.165, 1.54) is 10.9 Å². The van der Waals surface area contributed by atoms with E-state index in [0.717, 1.165) is 44.5 Å². The van der Waals surface area contributed by atoms with Crippen LogP contribution in [0.4, 0.5) is 0 Å². The lowest BCUT2D eigenvalue weighted by atomic mass is 9.96. The van der Waals surface area contributed by atoms with Crippen molar-refractivity contribution in [3.63, 3.8) is 0 Å². The van der Waals surface area contributed by atoms with Crippen molar-refractivity contribution in [2.24, 2.45) is 0 Å². The molecule has 1 aromatic heterocycles. The quantitative estimate of drug-likeness (QED) is 0.853. The van der Waals surface area contributed by atoms with E-state index in [2.05, 4.69) is 52.1 Å². The highest BCUT2D eigenvalue weighted by Gasteiger charge is 2.23. The molecule has 0 bridgehead atoms. The Morgan fingerprint density at radius 2 is 2.05 bits per heavy atom. The zero-order valence-electron chi connectivity index (χ0n) is 12.5. The number of nitrogens with zero attached hydrogens (tertiary/aromatic N) is 2. The van der Waals surface area contributed by atoms with E-state index >= 15 is 0 Å². The Labute approximate surface area is 126 Å². The molecule has 1 N–H and O–H groups in total. The van der Waals surface area contributed by atoms with Crippen LogP contribution in [0.1, 0.15) is 24.4 Å². The predicted octanol–water partition coefficient (Wildman–Crippen LogP) is 3.15. The van der Waals surface area contributed by atoms with Gasteiger partial charge in [0.1, 0.15) is 0 Å². The second-order valence-electron chi connectivity index (χ2n) is 5.59. The second-order valence-corrected chi connectivity index (χ2v) is 5.59. The highest BCUT2D eigenvalue weighted by molar-refractivity contribution is 5.82. The molecule has 3 heteroatoms. The number of allylic oxidation sites excluding steroid dienone is 1. The van der Waals surface area contributed by atoms with Crippen LogP contribution in [0.25, 0.3) is 10.9 Å². The molecule has 1 aliphatic heterocycles. The van der Waals surface area contributed by atoms with Gasteiger partial charge in [0.15, 0.2) is 0 Å². The molecule has 0 unspecified atom stereocenters. The van der Waals surface area contributed by atoms with Gasteiger partial charge in [-0.3, -0.25) is 9.88 Å². The first-order chi connectivity index (χ1) is 10.4. The summed E-state index contributed by atoms with van der Waals surface area (Å²) in [6, 6.07) is 11.1. The third-order valence-corrected chi connectivity index (χ3v) is 4.28. The molecule has 3 rings (SSSR count). The molecular formula is C18H23N3. The van der Waals surface area contributed by atoms with Gasteiger partial charge >= 0.3 is 0 Å².